The van der Waals surface area contributed by atoms with Crippen molar-refractivity contribution in [2.75, 3.05) is 39.2 Å². The molecule has 120 valence electrons. The summed E-state index contributed by atoms with van der Waals surface area (Å²) in [6.45, 7) is 3.27. The maximum absolute atomic E-state index is 12.3. The molecule has 22 heavy (non-hydrogen) atoms. The van der Waals surface area contributed by atoms with Crippen molar-refractivity contribution >= 4 is 11.7 Å². The minimum atomic E-state index is -0.190. The summed E-state index contributed by atoms with van der Waals surface area (Å²) in [6, 6.07) is 5.39. The molecule has 3 aliphatic rings. The van der Waals surface area contributed by atoms with Crippen LogP contribution < -0.4 is 20.1 Å². The summed E-state index contributed by atoms with van der Waals surface area (Å²) in [5, 5.41) is 5.97. The molecule has 1 atom stereocenters. The first kappa shape index (κ1) is 15.0. The lowest BCUT2D eigenvalue weighted by molar-refractivity contribution is 0.0776. The van der Waals surface area contributed by atoms with Gasteiger partial charge in [0.05, 0.1) is 19.9 Å². The van der Waals surface area contributed by atoms with Crippen LogP contribution in [0.2, 0.25) is 0 Å². The molecule has 0 saturated carbocycles. The minimum absolute atomic E-state index is 0.190. The van der Waals surface area contributed by atoms with Gasteiger partial charge in [-0.1, -0.05) is 0 Å². The van der Waals surface area contributed by atoms with E-state index in [1.807, 2.05) is 0 Å². The Morgan fingerprint density at radius 1 is 1.23 bits per heavy atom. The summed E-state index contributed by atoms with van der Waals surface area (Å²) in [5.74, 6) is 1.90. The molecular weight excluding hydrogens is 282 g/mol. The molecule has 4 rings (SSSR count). The number of ether oxygens (including phenoxy) is 2. The maximum Gasteiger partial charge on any atom is 0.319 e. The van der Waals surface area contributed by atoms with E-state index < -0.39 is 0 Å². The van der Waals surface area contributed by atoms with Crippen LogP contribution in [0, 0.1) is 5.92 Å². The lowest BCUT2D eigenvalue weighted by Crippen LogP contribution is -2.57. The van der Waals surface area contributed by atoms with E-state index in [0.29, 0.717) is 23.1 Å². The van der Waals surface area contributed by atoms with Crippen LogP contribution in [-0.2, 0) is 0 Å². The molecular formula is C16H23N3O3. The van der Waals surface area contributed by atoms with E-state index in [2.05, 4.69) is 15.5 Å². The number of urea groups is 1. The highest BCUT2D eigenvalue weighted by molar-refractivity contribution is 5.91. The molecule has 0 aliphatic carbocycles. The van der Waals surface area contributed by atoms with Gasteiger partial charge in [0.1, 0.15) is 11.5 Å². The Morgan fingerprint density at radius 3 is 2.59 bits per heavy atom. The fourth-order valence-electron chi connectivity index (χ4n) is 3.37. The summed E-state index contributed by atoms with van der Waals surface area (Å²) in [6.07, 6.45) is 2.35. The Kier molecular flexibility index (Phi) is 4.38. The zero-order valence-corrected chi connectivity index (χ0v) is 13.1. The predicted octanol–water partition coefficient (Wildman–Crippen LogP) is 1.92. The second-order valence-corrected chi connectivity index (χ2v) is 5.91. The molecule has 3 heterocycles. The number of nitrogens with one attached hydrogen (secondary N) is 2. The molecule has 0 spiro atoms. The SMILES string of the molecule is COc1ccc(OC)c(NC(=O)NC2CN3CCC2CC3)c1. The third-order valence-corrected chi connectivity index (χ3v) is 4.63. The van der Waals surface area contributed by atoms with Crippen molar-refractivity contribution in [3.05, 3.63) is 18.2 Å². The van der Waals surface area contributed by atoms with Gasteiger partial charge < -0.3 is 25.0 Å². The van der Waals surface area contributed by atoms with Gasteiger partial charge in [-0.25, -0.2) is 4.79 Å². The fraction of sp³-hybridized carbons (Fsp3) is 0.562. The van der Waals surface area contributed by atoms with Crippen molar-refractivity contribution in [2.24, 2.45) is 5.92 Å². The number of hydrogen-bond acceptors (Lipinski definition) is 4. The van der Waals surface area contributed by atoms with Crippen LogP contribution in [0.25, 0.3) is 0 Å². The molecule has 3 saturated heterocycles. The van der Waals surface area contributed by atoms with Crippen LogP contribution in [-0.4, -0.2) is 50.8 Å². The smallest absolute Gasteiger partial charge is 0.319 e. The normalized spacial score (nSPS) is 26.4. The molecule has 0 aromatic heterocycles. The molecule has 2 amide bonds. The van der Waals surface area contributed by atoms with E-state index >= 15 is 0 Å². The highest BCUT2D eigenvalue weighted by Gasteiger charge is 2.34. The second kappa shape index (κ2) is 6.44. The standard InChI is InChI=1S/C16H23N3O3/c1-21-12-3-4-15(22-2)13(9-12)17-16(20)18-14-10-19-7-5-11(14)6-8-19/h3-4,9,11,14H,5-8,10H2,1-2H3,(H2,17,18,20). The number of piperidine rings is 3. The van der Waals surface area contributed by atoms with Crippen molar-refractivity contribution in [3.8, 4) is 11.5 Å². The van der Waals surface area contributed by atoms with Crippen LogP contribution in [0.4, 0.5) is 10.5 Å². The van der Waals surface area contributed by atoms with Gasteiger partial charge in [0.15, 0.2) is 0 Å². The first-order chi connectivity index (χ1) is 10.7. The van der Waals surface area contributed by atoms with Crippen LogP contribution in [0.15, 0.2) is 18.2 Å². The molecule has 0 radical (unpaired) electrons. The van der Waals surface area contributed by atoms with Crippen LogP contribution in [0.5, 0.6) is 11.5 Å². The number of amides is 2. The number of nitrogens with zero attached hydrogens (tertiary/aromatic N) is 1. The van der Waals surface area contributed by atoms with Crippen molar-refractivity contribution in [2.45, 2.75) is 18.9 Å². The van der Waals surface area contributed by atoms with Crippen LogP contribution in [0.3, 0.4) is 0 Å². The molecule has 6 nitrogen and oxygen atoms in total. The Morgan fingerprint density at radius 2 is 2.00 bits per heavy atom. The summed E-state index contributed by atoms with van der Waals surface area (Å²) < 4.78 is 10.5. The number of carbonyl (C=O) groups is 1. The Hall–Kier alpha value is -1.95. The van der Waals surface area contributed by atoms with Gasteiger partial charge in [-0.15, -0.1) is 0 Å². The highest BCUT2D eigenvalue weighted by atomic mass is 16.5. The average Bonchev–Trinajstić information content (AvgIpc) is 2.55. The van der Waals surface area contributed by atoms with E-state index in [9.17, 15) is 4.79 Å². The first-order valence-electron chi connectivity index (χ1n) is 7.71. The zero-order chi connectivity index (χ0) is 15.5. The Balaban J connectivity index is 1.64. The predicted molar refractivity (Wildman–Crippen MR) is 84.7 cm³/mol. The maximum atomic E-state index is 12.3. The summed E-state index contributed by atoms with van der Waals surface area (Å²) in [5.41, 5.74) is 0.612. The average molecular weight is 305 g/mol. The Labute approximate surface area is 130 Å². The Bertz CT molecular complexity index is 541. The number of anilines is 1. The summed E-state index contributed by atoms with van der Waals surface area (Å²) in [7, 11) is 3.18. The molecule has 2 N–H and O–H groups in total. The monoisotopic (exact) mass is 305 g/mol. The van der Waals surface area contributed by atoms with Crippen molar-refractivity contribution in [1.82, 2.24) is 10.2 Å². The number of carbonyl (C=O) groups excluding carboxylic acids is 1. The van der Waals surface area contributed by atoms with Crippen molar-refractivity contribution < 1.29 is 14.3 Å². The molecule has 3 fully saturated rings. The summed E-state index contributed by atoms with van der Waals surface area (Å²) in [4.78, 5) is 14.7. The quantitative estimate of drug-likeness (QED) is 0.892. The van der Waals surface area contributed by atoms with Crippen LogP contribution >= 0.6 is 0 Å². The fourth-order valence-corrected chi connectivity index (χ4v) is 3.37. The van der Waals surface area contributed by atoms with E-state index in [1.54, 1.807) is 32.4 Å². The number of rotatable bonds is 4. The van der Waals surface area contributed by atoms with Crippen molar-refractivity contribution in [1.29, 1.82) is 0 Å². The van der Waals surface area contributed by atoms with Crippen LogP contribution in [0.1, 0.15) is 12.8 Å². The van der Waals surface area contributed by atoms with Crippen molar-refractivity contribution in [3.63, 3.8) is 0 Å². The first-order valence-corrected chi connectivity index (χ1v) is 7.71. The number of fused-ring (bicyclic) bond motifs is 3. The molecule has 3 aliphatic heterocycles. The van der Waals surface area contributed by atoms with E-state index in [-0.39, 0.29) is 12.1 Å². The lowest BCUT2D eigenvalue weighted by atomic mass is 9.84. The summed E-state index contributed by atoms with van der Waals surface area (Å²) >= 11 is 0. The van der Waals surface area contributed by atoms with Gasteiger partial charge in [-0.3, -0.25) is 0 Å². The number of hydrogen-bond donors (Lipinski definition) is 2. The van der Waals surface area contributed by atoms with E-state index in [0.717, 1.165) is 19.6 Å². The third-order valence-electron chi connectivity index (χ3n) is 4.63. The second-order valence-electron chi connectivity index (χ2n) is 5.91. The lowest BCUT2D eigenvalue weighted by Gasteiger charge is -2.44. The molecule has 6 heteroatoms. The third kappa shape index (κ3) is 3.11. The largest absolute Gasteiger partial charge is 0.497 e. The van der Waals surface area contributed by atoms with Gasteiger partial charge in [0.2, 0.25) is 0 Å². The van der Waals surface area contributed by atoms with Gasteiger partial charge in [0, 0.05) is 18.7 Å². The van der Waals surface area contributed by atoms with Gasteiger partial charge in [-0.05, 0) is 44.0 Å². The van der Waals surface area contributed by atoms with E-state index in [1.165, 1.54) is 12.8 Å². The number of methoxy groups -OCH3 is 2. The van der Waals surface area contributed by atoms with Gasteiger partial charge in [-0.2, -0.15) is 0 Å². The number of benzene rings is 1. The zero-order valence-electron chi connectivity index (χ0n) is 13.1. The molecule has 1 aromatic rings. The van der Waals surface area contributed by atoms with Gasteiger partial charge in [0.25, 0.3) is 0 Å². The molecule has 2 bridgehead atoms. The minimum Gasteiger partial charge on any atom is -0.497 e. The van der Waals surface area contributed by atoms with E-state index in [4.69, 9.17) is 9.47 Å². The molecule has 1 unspecified atom stereocenters. The van der Waals surface area contributed by atoms with Gasteiger partial charge >= 0.3 is 6.03 Å². The topological polar surface area (TPSA) is 62.8 Å². The highest BCUT2D eigenvalue weighted by Crippen LogP contribution is 2.30. The molecule has 1 aromatic carbocycles.